The Labute approximate surface area is 149 Å². The second-order valence-electron chi connectivity index (χ2n) is 4.98. The van der Waals surface area contributed by atoms with Crippen LogP contribution in [0.25, 0.3) is 0 Å². The summed E-state index contributed by atoms with van der Waals surface area (Å²) < 4.78 is 0. The van der Waals surface area contributed by atoms with Crippen molar-refractivity contribution in [3.05, 3.63) is 30.1 Å². The van der Waals surface area contributed by atoms with Gasteiger partial charge in [0.25, 0.3) is 0 Å². The minimum Gasteiger partial charge on any atom is -0.357 e. The van der Waals surface area contributed by atoms with Crippen molar-refractivity contribution in [1.29, 1.82) is 0 Å². The minimum absolute atomic E-state index is 0. The highest BCUT2D eigenvalue weighted by atomic mass is 127. The van der Waals surface area contributed by atoms with Gasteiger partial charge in [-0.25, -0.2) is 4.99 Å². The van der Waals surface area contributed by atoms with E-state index in [1.807, 2.05) is 23.1 Å². The summed E-state index contributed by atoms with van der Waals surface area (Å²) in [4.78, 5) is 24.4. The van der Waals surface area contributed by atoms with Crippen LogP contribution in [0.4, 0.5) is 0 Å². The van der Waals surface area contributed by atoms with Crippen LogP contribution in [0.15, 0.2) is 29.4 Å². The summed E-state index contributed by atoms with van der Waals surface area (Å²) in [7, 11) is 0. The van der Waals surface area contributed by atoms with Crippen molar-refractivity contribution >= 4 is 35.8 Å². The molecule has 0 saturated carbocycles. The highest BCUT2D eigenvalue weighted by Gasteiger charge is 2.20. The van der Waals surface area contributed by atoms with Gasteiger partial charge in [-0.1, -0.05) is 6.07 Å². The second kappa shape index (κ2) is 9.60. The van der Waals surface area contributed by atoms with Gasteiger partial charge in [-0.15, -0.1) is 24.0 Å². The molecule has 1 aliphatic heterocycles. The number of halogens is 1. The third-order valence-electron chi connectivity index (χ3n) is 3.48. The Morgan fingerprint density at radius 1 is 1.27 bits per heavy atom. The first-order valence-electron chi connectivity index (χ1n) is 7.39. The maximum absolute atomic E-state index is 11.4. The Hall–Kier alpha value is -1.38. The van der Waals surface area contributed by atoms with Crippen LogP contribution in [0.5, 0.6) is 0 Å². The van der Waals surface area contributed by atoms with E-state index in [1.165, 1.54) is 0 Å². The van der Waals surface area contributed by atoms with E-state index in [2.05, 4.69) is 27.1 Å². The quantitative estimate of drug-likeness (QED) is 0.458. The molecule has 22 heavy (non-hydrogen) atoms. The number of pyridine rings is 1. The Morgan fingerprint density at radius 2 is 1.95 bits per heavy atom. The molecule has 0 atom stereocenters. The van der Waals surface area contributed by atoms with Crippen LogP contribution >= 0.6 is 24.0 Å². The van der Waals surface area contributed by atoms with E-state index in [9.17, 15) is 4.79 Å². The van der Waals surface area contributed by atoms with Crippen LogP contribution < -0.4 is 5.32 Å². The number of hydrogen-bond donors (Lipinski definition) is 1. The number of piperazine rings is 1. The highest BCUT2D eigenvalue weighted by Crippen LogP contribution is 2.04. The molecule has 1 N–H and O–H groups in total. The lowest BCUT2D eigenvalue weighted by Gasteiger charge is -2.36. The second-order valence-corrected chi connectivity index (χ2v) is 4.98. The van der Waals surface area contributed by atoms with Crippen LogP contribution in [-0.2, 0) is 11.3 Å². The third kappa shape index (κ3) is 5.43. The average Bonchev–Trinajstić information content (AvgIpc) is 2.52. The monoisotopic (exact) mass is 417 g/mol. The summed E-state index contributed by atoms with van der Waals surface area (Å²) in [6.45, 7) is 8.20. The van der Waals surface area contributed by atoms with Crippen molar-refractivity contribution in [3.63, 3.8) is 0 Å². The molecule has 1 saturated heterocycles. The summed E-state index contributed by atoms with van der Waals surface area (Å²) in [6.07, 6.45) is 1.78. The number of nitrogens with one attached hydrogen (secondary N) is 1. The van der Waals surface area contributed by atoms with Crippen LogP contribution in [0.1, 0.15) is 19.5 Å². The smallest absolute Gasteiger partial charge is 0.219 e. The van der Waals surface area contributed by atoms with Crippen LogP contribution in [-0.4, -0.2) is 59.4 Å². The van der Waals surface area contributed by atoms with E-state index in [-0.39, 0.29) is 29.9 Å². The van der Waals surface area contributed by atoms with Gasteiger partial charge < -0.3 is 15.1 Å². The number of carbonyl (C=O) groups excluding carboxylic acids is 1. The number of guanidine groups is 1. The van der Waals surface area contributed by atoms with Crippen molar-refractivity contribution < 1.29 is 4.79 Å². The lowest BCUT2D eigenvalue weighted by molar-refractivity contribution is -0.130. The molecule has 1 aromatic rings. The first-order valence-corrected chi connectivity index (χ1v) is 7.39. The molecular formula is C15H24IN5O. The fraction of sp³-hybridized carbons (Fsp3) is 0.533. The Bertz CT molecular complexity index is 486. The Morgan fingerprint density at radius 3 is 2.50 bits per heavy atom. The third-order valence-corrected chi connectivity index (χ3v) is 3.48. The largest absolute Gasteiger partial charge is 0.357 e. The van der Waals surface area contributed by atoms with Crippen LogP contribution in [0.3, 0.4) is 0 Å². The summed E-state index contributed by atoms with van der Waals surface area (Å²) in [5.41, 5.74) is 0.954. The lowest BCUT2D eigenvalue weighted by atomic mass is 10.3. The zero-order chi connectivity index (χ0) is 15.1. The van der Waals surface area contributed by atoms with E-state index < -0.39 is 0 Å². The van der Waals surface area contributed by atoms with Crippen molar-refractivity contribution in [2.24, 2.45) is 4.99 Å². The van der Waals surface area contributed by atoms with E-state index in [0.29, 0.717) is 6.54 Å². The van der Waals surface area contributed by atoms with Gasteiger partial charge in [-0.2, -0.15) is 0 Å². The molecule has 122 valence electrons. The minimum atomic E-state index is 0. The predicted octanol–water partition coefficient (Wildman–Crippen LogP) is 1.33. The van der Waals surface area contributed by atoms with Gasteiger partial charge in [0.1, 0.15) is 0 Å². The van der Waals surface area contributed by atoms with Crippen LogP contribution in [0.2, 0.25) is 0 Å². The maximum Gasteiger partial charge on any atom is 0.219 e. The molecule has 0 bridgehead atoms. The van der Waals surface area contributed by atoms with Crippen molar-refractivity contribution in [1.82, 2.24) is 20.1 Å². The van der Waals surface area contributed by atoms with E-state index in [4.69, 9.17) is 0 Å². The molecule has 2 heterocycles. The molecule has 0 aromatic carbocycles. The zero-order valence-electron chi connectivity index (χ0n) is 13.2. The topological polar surface area (TPSA) is 60.8 Å². The van der Waals surface area contributed by atoms with Gasteiger partial charge in [0.2, 0.25) is 5.91 Å². The normalized spacial score (nSPS) is 15.3. The van der Waals surface area contributed by atoms with Gasteiger partial charge in [0, 0.05) is 45.8 Å². The number of rotatable bonds is 3. The molecule has 2 rings (SSSR count). The van der Waals surface area contributed by atoms with Crippen molar-refractivity contribution in [2.45, 2.75) is 20.4 Å². The summed E-state index contributed by atoms with van der Waals surface area (Å²) in [5, 5.41) is 3.31. The maximum atomic E-state index is 11.4. The number of aromatic nitrogens is 1. The zero-order valence-corrected chi connectivity index (χ0v) is 15.5. The molecule has 0 unspecified atom stereocenters. The molecule has 6 nitrogen and oxygen atoms in total. The van der Waals surface area contributed by atoms with Gasteiger partial charge >= 0.3 is 0 Å². The van der Waals surface area contributed by atoms with E-state index in [0.717, 1.165) is 44.4 Å². The molecule has 0 spiro atoms. The van der Waals surface area contributed by atoms with Crippen molar-refractivity contribution in [3.8, 4) is 0 Å². The molecule has 1 amide bonds. The van der Waals surface area contributed by atoms with Gasteiger partial charge in [0.05, 0.1) is 12.2 Å². The first kappa shape index (κ1) is 18.7. The molecule has 0 radical (unpaired) electrons. The SMILES string of the molecule is CCNC(=NCc1ccccn1)N1CCN(C(C)=O)CC1.I. The summed E-state index contributed by atoms with van der Waals surface area (Å²) in [6, 6.07) is 5.84. The molecule has 1 fully saturated rings. The van der Waals surface area contributed by atoms with E-state index >= 15 is 0 Å². The first-order chi connectivity index (χ1) is 10.2. The standard InChI is InChI=1S/C15H23N5O.HI/c1-3-16-15(18-12-14-6-4-5-7-17-14)20-10-8-19(9-11-20)13(2)21;/h4-7H,3,8-12H2,1-2H3,(H,16,18);1H. The van der Waals surface area contributed by atoms with Gasteiger partial charge in [-0.3, -0.25) is 9.78 Å². The summed E-state index contributed by atoms with van der Waals surface area (Å²) in [5.74, 6) is 1.04. The lowest BCUT2D eigenvalue weighted by Crippen LogP contribution is -2.53. The predicted molar refractivity (Wildman–Crippen MR) is 98.3 cm³/mol. The van der Waals surface area contributed by atoms with Gasteiger partial charge in [-0.05, 0) is 19.1 Å². The number of carbonyl (C=O) groups is 1. The molecule has 1 aromatic heterocycles. The summed E-state index contributed by atoms with van der Waals surface area (Å²) >= 11 is 0. The average molecular weight is 417 g/mol. The molecule has 0 aliphatic carbocycles. The number of aliphatic imine (C=N–C) groups is 1. The fourth-order valence-corrected chi connectivity index (χ4v) is 2.31. The fourth-order valence-electron chi connectivity index (χ4n) is 2.31. The Balaban J connectivity index is 0.00000242. The molecule has 1 aliphatic rings. The molecular weight excluding hydrogens is 393 g/mol. The number of hydrogen-bond acceptors (Lipinski definition) is 3. The Kier molecular flexibility index (Phi) is 8.15. The van der Waals surface area contributed by atoms with E-state index in [1.54, 1.807) is 13.1 Å². The number of nitrogens with zero attached hydrogens (tertiary/aromatic N) is 4. The number of amides is 1. The molecule has 7 heteroatoms. The van der Waals surface area contributed by atoms with Crippen LogP contribution in [0, 0.1) is 0 Å². The van der Waals surface area contributed by atoms with Gasteiger partial charge in [0.15, 0.2) is 5.96 Å². The highest BCUT2D eigenvalue weighted by molar-refractivity contribution is 14.0. The van der Waals surface area contributed by atoms with Crippen molar-refractivity contribution in [2.75, 3.05) is 32.7 Å².